The van der Waals surface area contributed by atoms with Crippen molar-refractivity contribution in [3.8, 4) is 0 Å². The zero-order valence-corrected chi connectivity index (χ0v) is 11.5. The zero-order chi connectivity index (χ0) is 14.5. The normalized spacial score (nSPS) is 11.9. The topological polar surface area (TPSA) is 82.2 Å². The first-order chi connectivity index (χ1) is 9.60. The van der Waals surface area contributed by atoms with E-state index in [9.17, 15) is 4.79 Å². The van der Waals surface area contributed by atoms with Crippen molar-refractivity contribution in [3.05, 3.63) is 42.5 Å². The van der Waals surface area contributed by atoms with Gasteiger partial charge in [0.05, 0.1) is 30.4 Å². The van der Waals surface area contributed by atoms with Gasteiger partial charge in [-0.15, -0.1) is 0 Å². The van der Waals surface area contributed by atoms with E-state index in [-0.39, 0.29) is 12.0 Å². The summed E-state index contributed by atoms with van der Waals surface area (Å²) in [6.45, 7) is 2.78. The Balaban J connectivity index is 2.09. The fraction of sp³-hybridized carbons (Fsp3) is 0.286. The zero-order valence-electron chi connectivity index (χ0n) is 11.5. The number of rotatable bonds is 5. The number of hydrogen-bond donors (Lipinski definition) is 2. The Bertz CT molecular complexity index is 581. The summed E-state index contributed by atoms with van der Waals surface area (Å²) in [6.07, 6.45) is 5.39. The van der Waals surface area contributed by atoms with Gasteiger partial charge in [-0.25, -0.2) is 9.78 Å². The van der Waals surface area contributed by atoms with Crippen LogP contribution in [0.5, 0.6) is 0 Å². The van der Waals surface area contributed by atoms with Crippen molar-refractivity contribution in [2.24, 2.45) is 0 Å². The molecule has 1 heterocycles. The summed E-state index contributed by atoms with van der Waals surface area (Å²) in [5.41, 5.74) is 7.71. The number of aromatic nitrogens is 2. The number of nitrogens with two attached hydrogens (primary N) is 1. The molecule has 0 saturated heterocycles. The van der Waals surface area contributed by atoms with Crippen LogP contribution in [-0.2, 0) is 11.3 Å². The number of nitrogens with one attached hydrogen (secondary N) is 1. The molecule has 0 spiro atoms. The van der Waals surface area contributed by atoms with E-state index in [1.807, 2.05) is 17.7 Å². The summed E-state index contributed by atoms with van der Waals surface area (Å²) < 4.78 is 6.67. The second-order valence-electron chi connectivity index (χ2n) is 4.60. The molecule has 1 atom stereocenters. The lowest BCUT2D eigenvalue weighted by Crippen LogP contribution is -2.22. The largest absolute Gasteiger partial charge is 0.465 e. The van der Waals surface area contributed by atoms with Gasteiger partial charge in [-0.1, -0.05) is 0 Å². The highest BCUT2D eigenvalue weighted by Crippen LogP contribution is 2.21. The molecule has 1 unspecified atom stereocenters. The molecule has 3 N–H and O–H groups in total. The smallest absolute Gasteiger partial charge is 0.337 e. The standard InChI is InChI=1S/C14H18N4O2/c1-10(8-18-6-5-16-9-18)17-13-7-11(14(19)20-2)3-4-12(13)15/h3-7,9-10,17H,8,15H2,1-2H3. The quantitative estimate of drug-likeness (QED) is 0.641. The number of nitrogen functional groups attached to an aromatic ring is 1. The molecule has 1 aromatic heterocycles. The number of nitrogens with zero attached hydrogens (tertiary/aromatic N) is 2. The number of carbonyl (C=O) groups excluding carboxylic acids is 1. The molecule has 0 aliphatic carbocycles. The van der Waals surface area contributed by atoms with Gasteiger partial charge in [-0.05, 0) is 25.1 Å². The number of ether oxygens (including phenoxy) is 1. The highest BCUT2D eigenvalue weighted by atomic mass is 16.5. The maximum atomic E-state index is 11.5. The summed E-state index contributed by atoms with van der Waals surface area (Å²) in [4.78, 5) is 15.5. The summed E-state index contributed by atoms with van der Waals surface area (Å²) in [7, 11) is 1.35. The summed E-state index contributed by atoms with van der Waals surface area (Å²) in [5, 5.41) is 3.29. The van der Waals surface area contributed by atoms with Gasteiger partial charge in [0.25, 0.3) is 0 Å². The van der Waals surface area contributed by atoms with Gasteiger partial charge in [0.15, 0.2) is 0 Å². The Kier molecular flexibility index (Phi) is 4.24. The molecule has 2 rings (SSSR count). The van der Waals surface area contributed by atoms with Crippen LogP contribution < -0.4 is 11.1 Å². The van der Waals surface area contributed by atoms with E-state index >= 15 is 0 Å². The van der Waals surface area contributed by atoms with Gasteiger partial charge in [-0.3, -0.25) is 0 Å². The van der Waals surface area contributed by atoms with Gasteiger partial charge in [-0.2, -0.15) is 0 Å². The number of carbonyl (C=O) groups is 1. The van der Waals surface area contributed by atoms with Gasteiger partial charge in [0.1, 0.15) is 0 Å². The van der Waals surface area contributed by atoms with Gasteiger partial charge < -0.3 is 20.4 Å². The van der Waals surface area contributed by atoms with Crippen LogP contribution in [0.3, 0.4) is 0 Å². The summed E-state index contributed by atoms with van der Waals surface area (Å²) in [6, 6.07) is 5.18. The van der Waals surface area contributed by atoms with Crippen molar-refractivity contribution in [2.45, 2.75) is 19.5 Å². The van der Waals surface area contributed by atoms with Crippen LogP contribution in [0.1, 0.15) is 17.3 Å². The highest BCUT2D eigenvalue weighted by Gasteiger charge is 2.10. The molecule has 20 heavy (non-hydrogen) atoms. The first kappa shape index (κ1) is 13.9. The third-order valence-electron chi connectivity index (χ3n) is 2.92. The maximum Gasteiger partial charge on any atom is 0.337 e. The lowest BCUT2D eigenvalue weighted by molar-refractivity contribution is 0.0601. The van der Waals surface area contributed by atoms with E-state index in [2.05, 4.69) is 10.3 Å². The molecule has 0 saturated carbocycles. The molecule has 0 radical (unpaired) electrons. The molecule has 0 amide bonds. The van der Waals surface area contributed by atoms with Crippen LogP contribution in [0.25, 0.3) is 0 Å². The van der Waals surface area contributed by atoms with E-state index in [0.717, 1.165) is 12.2 Å². The van der Waals surface area contributed by atoms with Crippen molar-refractivity contribution in [3.63, 3.8) is 0 Å². The number of methoxy groups -OCH3 is 1. The van der Waals surface area contributed by atoms with E-state index in [4.69, 9.17) is 10.5 Å². The average Bonchev–Trinajstić information content (AvgIpc) is 2.93. The molecule has 0 fully saturated rings. The van der Waals surface area contributed by atoms with Crippen molar-refractivity contribution < 1.29 is 9.53 Å². The van der Waals surface area contributed by atoms with Crippen LogP contribution >= 0.6 is 0 Å². The minimum Gasteiger partial charge on any atom is -0.465 e. The van der Waals surface area contributed by atoms with Crippen molar-refractivity contribution in [2.75, 3.05) is 18.2 Å². The summed E-state index contributed by atoms with van der Waals surface area (Å²) >= 11 is 0. The minimum atomic E-state index is -0.379. The van der Waals surface area contributed by atoms with Gasteiger partial charge in [0.2, 0.25) is 0 Å². The Morgan fingerprint density at radius 3 is 3.00 bits per heavy atom. The first-order valence-corrected chi connectivity index (χ1v) is 6.30. The number of hydrogen-bond acceptors (Lipinski definition) is 5. The first-order valence-electron chi connectivity index (χ1n) is 6.30. The van der Waals surface area contributed by atoms with Crippen molar-refractivity contribution >= 4 is 17.3 Å². The number of benzene rings is 1. The molecule has 0 aliphatic rings. The molecular formula is C14H18N4O2. The molecule has 0 bridgehead atoms. The van der Waals surface area contributed by atoms with Crippen LogP contribution in [-0.4, -0.2) is 28.7 Å². The fourth-order valence-corrected chi connectivity index (χ4v) is 1.95. The molecule has 2 aromatic rings. The second kappa shape index (κ2) is 6.10. The number of imidazole rings is 1. The molecule has 0 aliphatic heterocycles. The predicted molar refractivity (Wildman–Crippen MR) is 77.5 cm³/mol. The molecule has 106 valence electrons. The van der Waals surface area contributed by atoms with E-state index in [1.54, 1.807) is 30.7 Å². The maximum absolute atomic E-state index is 11.5. The van der Waals surface area contributed by atoms with E-state index in [1.165, 1.54) is 7.11 Å². The van der Waals surface area contributed by atoms with Crippen molar-refractivity contribution in [1.29, 1.82) is 0 Å². The van der Waals surface area contributed by atoms with Crippen LogP contribution in [0, 0.1) is 0 Å². The Hall–Kier alpha value is -2.50. The molecule has 6 heteroatoms. The van der Waals surface area contributed by atoms with Gasteiger partial charge in [0, 0.05) is 25.0 Å². The van der Waals surface area contributed by atoms with Crippen molar-refractivity contribution in [1.82, 2.24) is 9.55 Å². The monoisotopic (exact) mass is 274 g/mol. The second-order valence-corrected chi connectivity index (χ2v) is 4.60. The lowest BCUT2D eigenvalue weighted by Gasteiger charge is -2.17. The number of esters is 1. The molecule has 1 aromatic carbocycles. The van der Waals surface area contributed by atoms with Gasteiger partial charge >= 0.3 is 5.97 Å². The van der Waals surface area contributed by atoms with Crippen LogP contribution in [0.15, 0.2) is 36.9 Å². The fourth-order valence-electron chi connectivity index (χ4n) is 1.95. The Morgan fingerprint density at radius 1 is 1.55 bits per heavy atom. The molecule has 6 nitrogen and oxygen atoms in total. The predicted octanol–water partition coefficient (Wildman–Crippen LogP) is 1.75. The Morgan fingerprint density at radius 2 is 2.35 bits per heavy atom. The van der Waals surface area contributed by atoms with Crippen LogP contribution in [0.4, 0.5) is 11.4 Å². The highest BCUT2D eigenvalue weighted by molar-refractivity contribution is 5.91. The lowest BCUT2D eigenvalue weighted by atomic mass is 10.1. The van der Waals surface area contributed by atoms with E-state index in [0.29, 0.717) is 11.3 Å². The SMILES string of the molecule is COC(=O)c1ccc(N)c(NC(C)Cn2ccnc2)c1. The third-order valence-corrected chi connectivity index (χ3v) is 2.92. The van der Waals surface area contributed by atoms with Crippen LogP contribution in [0.2, 0.25) is 0 Å². The van der Waals surface area contributed by atoms with E-state index < -0.39 is 0 Å². The minimum absolute atomic E-state index is 0.138. The molecular weight excluding hydrogens is 256 g/mol. The summed E-state index contributed by atoms with van der Waals surface area (Å²) in [5.74, 6) is -0.379. The number of anilines is 2. The average molecular weight is 274 g/mol. The Labute approximate surface area is 117 Å². The third kappa shape index (κ3) is 3.28.